The summed E-state index contributed by atoms with van der Waals surface area (Å²) in [6, 6.07) is 3.09. The number of nitrogens with one attached hydrogen (secondary N) is 1. The molecule has 1 aromatic carbocycles. The van der Waals surface area contributed by atoms with Gasteiger partial charge in [-0.15, -0.1) is 0 Å². The van der Waals surface area contributed by atoms with E-state index >= 15 is 0 Å². The highest BCUT2D eigenvalue weighted by molar-refractivity contribution is 5.88. The Balaban J connectivity index is 2.08. The highest BCUT2D eigenvalue weighted by atomic mass is 19.2. The first kappa shape index (κ1) is 19.3. The van der Waals surface area contributed by atoms with Crippen molar-refractivity contribution in [1.29, 1.82) is 0 Å². The Bertz CT molecular complexity index is 637. The topological polar surface area (TPSA) is 52.7 Å². The Kier molecular flexibility index (Phi) is 6.47. The van der Waals surface area contributed by atoms with Gasteiger partial charge in [0.2, 0.25) is 11.8 Å². The maximum atomic E-state index is 13.4. The Morgan fingerprint density at radius 3 is 2.72 bits per heavy atom. The maximum absolute atomic E-state index is 13.4. The first-order chi connectivity index (χ1) is 11.8. The van der Waals surface area contributed by atoms with Crippen LogP contribution in [0.3, 0.4) is 0 Å². The molecular formula is C18H25F2N3O2. The summed E-state index contributed by atoms with van der Waals surface area (Å²) in [6.07, 6.45) is 0.0682. The molecule has 1 heterocycles. The molecular weight excluding hydrogens is 328 g/mol. The van der Waals surface area contributed by atoms with Gasteiger partial charge in [-0.25, -0.2) is 8.78 Å². The van der Waals surface area contributed by atoms with Crippen LogP contribution in [0.25, 0.3) is 0 Å². The predicted molar refractivity (Wildman–Crippen MR) is 90.7 cm³/mol. The van der Waals surface area contributed by atoms with Crippen LogP contribution in [-0.2, 0) is 16.1 Å². The van der Waals surface area contributed by atoms with Crippen LogP contribution in [0, 0.1) is 17.6 Å². The first-order valence-corrected chi connectivity index (χ1v) is 8.47. The highest BCUT2D eigenvalue weighted by Crippen LogP contribution is 2.17. The monoisotopic (exact) mass is 353 g/mol. The second-order valence-corrected chi connectivity index (χ2v) is 6.90. The van der Waals surface area contributed by atoms with Gasteiger partial charge in [-0.3, -0.25) is 14.5 Å². The first-order valence-electron chi connectivity index (χ1n) is 8.47. The van der Waals surface area contributed by atoms with Gasteiger partial charge in [-0.2, -0.15) is 0 Å². The molecule has 5 nitrogen and oxygen atoms in total. The van der Waals surface area contributed by atoms with Gasteiger partial charge in [-0.1, -0.05) is 19.9 Å². The van der Waals surface area contributed by atoms with Gasteiger partial charge in [0.05, 0.1) is 12.5 Å². The van der Waals surface area contributed by atoms with Crippen molar-refractivity contribution in [2.45, 2.75) is 32.9 Å². The minimum Gasteiger partial charge on any atom is -0.353 e. The van der Waals surface area contributed by atoms with E-state index in [4.69, 9.17) is 0 Å². The van der Waals surface area contributed by atoms with Crippen molar-refractivity contribution in [3.63, 3.8) is 0 Å². The van der Waals surface area contributed by atoms with Crippen molar-refractivity contribution < 1.29 is 18.4 Å². The van der Waals surface area contributed by atoms with E-state index in [2.05, 4.69) is 5.32 Å². The average Bonchev–Trinajstić information content (AvgIpc) is 2.53. The molecule has 1 aliphatic rings. The van der Waals surface area contributed by atoms with Crippen LogP contribution in [0.1, 0.15) is 25.8 Å². The molecule has 7 heteroatoms. The van der Waals surface area contributed by atoms with Crippen molar-refractivity contribution in [3.8, 4) is 0 Å². The van der Waals surface area contributed by atoms with Gasteiger partial charge in [0.15, 0.2) is 11.6 Å². The van der Waals surface area contributed by atoms with E-state index < -0.39 is 17.7 Å². The zero-order valence-electron chi connectivity index (χ0n) is 14.9. The summed E-state index contributed by atoms with van der Waals surface area (Å²) >= 11 is 0. The number of hydrogen-bond donors (Lipinski definition) is 1. The minimum atomic E-state index is -0.914. The van der Waals surface area contributed by atoms with Crippen LogP contribution in [-0.4, -0.2) is 54.3 Å². The minimum absolute atomic E-state index is 0.0682. The second-order valence-electron chi connectivity index (χ2n) is 6.90. The van der Waals surface area contributed by atoms with E-state index in [1.807, 2.05) is 18.7 Å². The molecule has 0 bridgehead atoms. The van der Waals surface area contributed by atoms with E-state index in [9.17, 15) is 18.4 Å². The van der Waals surface area contributed by atoms with Crippen molar-refractivity contribution in [1.82, 2.24) is 15.1 Å². The third-order valence-corrected chi connectivity index (χ3v) is 4.24. The van der Waals surface area contributed by atoms with Gasteiger partial charge >= 0.3 is 0 Å². The number of hydrogen-bond acceptors (Lipinski definition) is 3. The number of halogens is 2. The summed E-state index contributed by atoms with van der Waals surface area (Å²) in [5, 5.41) is 2.77. The quantitative estimate of drug-likeness (QED) is 0.848. The molecule has 2 amide bonds. The Morgan fingerprint density at radius 2 is 2.08 bits per heavy atom. The molecule has 1 N–H and O–H groups in total. The lowest BCUT2D eigenvalue weighted by Gasteiger charge is -2.35. The van der Waals surface area contributed by atoms with E-state index in [1.54, 1.807) is 11.9 Å². The summed E-state index contributed by atoms with van der Waals surface area (Å²) in [5.74, 6) is -1.79. The number of carbonyl (C=O) groups excluding carboxylic acids is 2. The Hall–Kier alpha value is -2.02. The van der Waals surface area contributed by atoms with Gasteiger partial charge < -0.3 is 10.2 Å². The third-order valence-electron chi connectivity index (χ3n) is 4.24. The number of piperazine rings is 1. The standard InChI is InChI=1S/C18H25F2N3O2/c1-12(2)10-22(3)17(24)9-16-18(25)21-6-7-23(16)11-13-4-5-14(19)15(20)8-13/h4-5,8,12,16H,6-7,9-11H2,1-3H3,(H,21,25). The molecule has 1 aliphatic heterocycles. The number of carbonyl (C=O) groups is 2. The van der Waals surface area contributed by atoms with Gasteiger partial charge in [-0.05, 0) is 23.6 Å². The largest absolute Gasteiger partial charge is 0.353 e. The summed E-state index contributed by atoms with van der Waals surface area (Å²) in [4.78, 5) is 28.1. The summed E-state index contributed by atoms with van der Waals surface area (Å²) in [7, 11) is 1.72. The fourth-order valence-corrected chi connectivity index (χ4v) is 3.02. The molecule has 0 spiro atoms. The van der Waals surface area contributed by atoms with Gasteiger partial charge in [0.25, 0.3) is 0 Å². The molecule has 1 unspecified atom stereocenters. The Labute approximate surface area is 147 Å². The van der Waals surface area contributed by atoms with E-state index in [0.29, 0.717) is 31.1 Å². The van der Waals surface area contributed by atoms with Gasteiger partial charge in [0.1, 0.15) is 0 Å². The van der Waals surface area contributed by atoms with Crippen LogP contribution in [0.4, 0.5) is 8.78 Å². The zero-order chi connectivity index (χ0) is 18.6. The summed E-state index contributed by atoms with van der Waals surface area (Å²) in [6.45, 7) is 5.97. The van der Waals surface area contributed by atoms with E-state index in [1.165, 1.54) is 6.07 Å². The molecule has 0 aromatic heterocycles. The fraction of sp³-hybridized carbons (Fsp3) is 0.556. The van der Waals surface area contributed by atoms with Crippen molar-refractivity contribution in [2.75, 3.05) is 26.7 Å². The van der Waals surface area contributed by atoms with Crippen LogP contribution in [0.15, 0.2) is 18.2 Å². The molecule has 0 aliphatic carbocycles. The summed E-state index contributed by atoms with van der Waals surface area (Å²) < 4.78 is 26.5. The normalized spacial score (nSPS) is 18.3. The number of benzene rings is 1. The Morgan fingerprint density at radius 1 is 1.36 bits per heavy atom. The zero-order valence-corrected chi connectivity index (χ0v) is 14.9. The van der Waals surface area contributed by atoms with Crippen molar-refractivity contribution in [2.24, 2.45) is 5.92 Å². The number of nitrogens with zero attached hydrogens (tertiary/aromatic N) is 2. The average molecular weight is 353 g/mol. The lowest BCUT2D eigenvalue weighted by atomic mass is 10.1. The molecule has 1 atom stereocenters. The molecule has 0 saturated carbocycles. The fourth-order valence-electron chi connectivity index (χ4n) is 3.02. The predicted octanol–water partition coefficient (Wildman–Crippen LogP) is 1.77. The maximum Gasteiger partial charge on any atom is 0.237 e. The molecule has 1 saturated heterocycles. The molecule has 25 heavy (non-hydrogen) atoms. The van der Waals surface area contributed by atoms with Crippen LogP contribution in [0.5, 0.6) is 0 Å². The third kappa shape index (κ3) is 5.22. The highest BCUT2D eigenvalue weighted by Gasteiger charge is 2.32. The molecule has 0 radical (unpaired) electrons. The van der Waals surface area contributed by atoms with Crippen LogP contribution >= 0.6 is 0 Å². The summed E-state index contributed by atoms with van der Waals surface area (Å²) in [5.41, 5.74) is 0.571. The molecule has 1 aromatic rings. The molecule has 1 fully saturated rings. The van der Waals surface area contributed by atoms with Crippen molar-refractivity contribution in [3.05, 3.63) is 35.4 Å². The van der Waals surface area contributed by atoms with Crippen LogP contribution in [0.2, 0.25) is 0 Å². The second kappa shape index (κ2) is 8.38. The lowest BCUT2D eigenvalue weighted by Crippen LogP contribution is -2.56. The van der Waals surface area contributed by atoms with E-state index in [0.717, 1.165) is 12.1 Å². The molecule has 2 rings (SSSR count). The smallest absolute Gasteiger partial charge is 0.237 e. The van der Waals surface area contributed by atoms with Crippen molar-refractivity contribution >= 4 is 11.8 Å². The number of rotatable bonds is 6. The molecule has 138 valence electrons. The lowest BCUT2D eigenvalue weighted by molar-refractivity contribution is -0.138. The van der Waals surface area contributed by atoms with Gasteiger partial charge in [0, 0.05) is 33.2 Å². The van der Waals surface area contributed by atoms with E-state index in [-0.39, 0.29) is 24.8 Å². The van der Waals surface area contributed by atoms with Crippen LogP contribution < -0.4 is 5.32 Å². The number of amides is 2. The SMILES string of the molecule is CC(C)CN(C)C(=O)CC1C(=O)NCCN1Cc1ccc(F)c(F)c1.